The fraction of sp³-hybridized carbons (Fsp3) is 0.429. The molecule has 2 aromatic carbocycles. The molecule has 1 aliphatic carbocycles. The molecule has 2 fully saturated rings. The number of hydrogen-bond donors (Lipinski definition) is 3. The lowest BCUT2D eigenvalue weighted by Crippen LogP contribution is -2.47. The fourth-order valence-corrected chi connectivity index (χ4v) is 5.51. The van der Waals surface area contributed by atoms with Gasteiger partial charge in [0.05, 0.1) is 0 Å². The van der Waals surface area contributed by atoms with Crippen LogP contribution in [0.3, 0.4) is 0 Å². The van der Waals surface area contributed by atoms with Crippen LogP contribution in [0.1, 0.15) is 30.4 Å². The summed E-state index contributed by atoms with van der Waals surface area (Å²) in [6, 6.07) is 8.77. The normalized spacial score (nSPS) is 25.0. The van der Waals surface area contributed by atoms with E-state index in [1.165, 1.54) is 12.1 Å². The molecular formula is C21H24F3N3OS. The van der Waals surface area contributed by atoms with Crippen molar-refractivity contribution in [3.8, 4) is 11.1 Å². The smallest absolute Gasteiger partial charge is 0.206 e. The van der Waals surface area contributed by atoms with E-state index in [0.29, 0.717) is 41.6 Å². The molecule has 0 aromatic heterocycles. The Labute approximate surface area is 169 Å². The predicted molar refractivity (Wildman–Crippen MR) is 108 cm³/mol. The zero-order valence-corrected chi connectivity index (χ0v) is 16.9. The fourth-order valence-electron chi connectivity index (χ4n) is 3.92. The highest BCUT2D eigenvalue weighted by molar-refractivity contribution is 7.92. The van der Waals surface area contributed by atoms with E-state index in [-0.39, 0.29) is 24.9 Å². The van der Waals surface area contributed by atoms with Gasteiger partial charge in [0.25, 0.3) is 0 Å². The molecule has 3 atom stereocenters. The van der Waals surface area contributed by atoms with Crippen LogP contribution in [0.4, 0.5) is 13.2 Å². The highest BCUT2D eigenvalue weighted by Gasteiger charge is 2.54. The van der Waals surface area contributed by atoms with Crippen molar-refractivity contribution >= 4 is 9.92 Å². The number of nitrogens with one attached hydrogen (secondary N) is 3. The summed E-state index contributed by atoms with van der Waals surface area (Å²) >= 11 is 0. The second-order valence-electron chi connectivity index (χ2n) is 8.01. The minimum absolute atomic E-state index is 0.136. The Kier molecular flexibility index (Phi) is 5.21. The summed E-state index contributed by atoms with van der Waals surface area (Å²) in [5, 5.41) is 1.29. The summed E-state index contributed by atoms with van der Waals surface area (Å²) in [6.07, 6.45) is 1.15. The zero-order valence-electron chi connectivity index (χ0n) is 16.1. The molecule has 0 spiro atoms. The maximum atomic E-state index is 15.2. The van der Waals surface area contributed by atoms with Crippen LogP contribution in [0, 0.1) is 23.3 Å². The summed E-state index contributed by atoms with van der Waals surface area (Å²) in [7, 11) is -3.56. The SMILES string of the molecule is Cc1cc(F)cc(-c2cccc(C[C@@H]3NCC[C@@H]3NS(=N)(=O)C3(F)CC3)c2F)c1. The molecule has 1 aliphatic heterocycles. The average molecular weight is 424 g/mol. The van der Waals surface area contributed by atoms with Gasteiger partial charge in [0.1, 0.15) is 21.5 Å². The third-order valence-corrected chi connectivity index (χ3v) is 7.77. The van der Waals surface area contributed by atoms with Crippen molar-refractivity contribution in [2.45, 2.75) is 49.7 Å². The molecule has 4 rings (SSSR count). The Balaban J connectivity index is 1.56. The van der Waals surface area contributed by atoms with Gasteiger partial charge in [-0.25, -0.2) is 26.9 Å². The van der Waals surface area contributed by atoms with E-state index in [4.69, 9.17) is 4.78 Å². The molecule has 0 bridgehead atoms. The molecule has 1 saturated carbocycles. The van der Waals surface area contributed by atoms with Crippen LogP contribution in [0.2, 0.25) is 0 Å². The Morgan fingerprint density at radius 3 is 2.72 bits per heavy atom. The second-order valence-corrected chi connectivity index (χ2v) is 10.1. The molecule has 3 N–H and O–H groups in total. The number of benzene rings is 2. The lowest BCUT2D eigenvalue weighted by molar-refractivity contribution is 0.406. The van der Waals surface area contributed by atoms with E-state index >= 15 is 4.39 Å². The van der Waals surface area contributed by atoms with Crippen molar-refractivity contribution in [2.24, 2.45) is 0 Å². The standard InChI is InChI=1S/C21H24F3N3OS/c1-13-9-15(11-16(22)10-13)17-4-2-3-14(20(17)23)12-19-18(5-8-26-19)27-29(25,28)21(24)6-7-21/h2-4,9-11,18-19,26H,5-8,12H2,1H3,(H2,25,27,28)/t18-,19-,29?/m0/s1. The van der Waals surface area contributed by atoms with E-state index in [1.54, 1.807) is 31.2 Å². The molecule has 0 radical (unpaired) electrons. The van der Waals surface area contributed by atoms with Gasteiger partial charge in [-0.1, -0.05) is 24.3 Å². The minimum Gasteiger partial charge on any atom is -0.312 e. The van der Waals surface area contributed by atoms with Gasteiger partial charge in [0.15, 0.2) is 0 Å². The van der Waals surface area contributed by atoms with Crippen LogP contribution in [-0.4, -0.2) is 27.8 Å². The van der Waals surface area contributed by atoms with Crippen LogP contribution in [0.5, 0.6) is 0 Å². The van der Waals surface area contributed by atoms with Crippen molar-refractivity contribution in [1.82, 2.24) is 10.0 Å². The minimum atomic E-state index is -3.56. The number of rotatable bonds is 6. The second kappa shape index (κ2) is 7.41. The molecule has 0 amide bonds. The molecule has 2 aliphatic rings. The molecule has 4 nitrogen and oxygen atoms in total. The van der Waals surface area contributed by atoms with E-state index < -0.39 is 26.6 Å². The summed E-state index contributed by atoms with van der Waals surface area (Å²) in [5.41, 5.74) is 1.93. The molecule has 156 valence electrons. The van der Waals surface area contributed by atoms with E-state index in [1.807, 2.05) is 0 Å². The van der Waals surface area contributed by atoms with Crippen LogP contribution in [-0.2, 0) is 16.3 Å². The largest absolute Gasteiger partial charge is 0.312 e. The first-order valence-electron chi connectivity index (χ1n) is 9.71. The first-order chi connectivity index (χ1) is 13.7. The van der Waals surface area contributed by atoms with E-state index in [2.05, 4.69) is 10.0 Å². The quantitative estimate of drug-likeness (QED) is 0.651. The van der Waals surface area contributed by atoms with Crippen LogP contribution < -0.4 is 10.0 Å². The third kappa shape index (κ3) is 4.06. The van der Waals surface area contributed by atoms with Crippen LogP contribution >= 0.6 is 0 Å². The third-order valence-electron chi connectivity index (χ3n) is 5.69. The summed E-state index contributed by atoms with van der Waals surface area (Å²) in [6.45, 7) is 2.37. The molecule has 1 unspecified atom stereocenters. The number of halogens is 3. The summed E-state index contributed by atoms with van der Waals surface area (Å²) < 4.78 is 66.2. The van der Waals surface area contributed by atoms with E-state index in [9.17, 15) is 13.0 Å². The molecule has 29 heavy (non-hydrogen) atoms. The van der Waals surface area contributed by atoms with Gasteiger partial charge in [0.2, 0.25) is 5.00 Å². The van der Waals surface area contributed by atoms with Crippen LogP contribution in [0.15, 0.2) is 36.4 Å². The number of aryl methyl sites for hydroxylation is 1. The average Bonchev–Trinajstić information content (AvgIpc) is 3.27. The summed E-state index contributed by atoms with van der Waals surface area (Å²) in [4.78, 5) is 0. The summed E-state index contributed by atoms with van der Waals surface area (Å²) in [5.74, 6) is -0.849. The Bertz CT molecular complexity index is 1020. The Morgan fingerprint density at radius 1 is 1.28 bits per heavy atom. The highest BCUT2D eigenvalue weighted by Crippen LogP contribution is 2.45. The molecule has 1 saturated heterocycles. The first-order valence-corrected chi connectivity index (χ1v) is 11.3. The van der Waals surface area contributed by atoms with Crippen molar-refractivity contribution in [3.05, 3.63) is 59.2 Å². The van der Waals surface area contributed by atoms with Gasteiger partial charge in [-0.05, 0) is 68.0 Å². The zero-order chi connectivity index (χ0) is 20.8. The van der Waals surface area contributed by atoms with Gasteiger partial charge in [-0.15, -0.1) is 0 Å². The van der Waals surface area contributed by atoms with Gasteiger partial charge < -0.3 is 5.32 Å². The van der Waals surface area contributed by atoms with Crippen molar-refractivity contribution in [3.63, 3.8) is 0 Å². The maximum absolute atomic E-state index is 15.2. The molecular weight excluding hydrogens is 399 g/mol. The van der Waals surface area contributed by atoms with Gasteiger partial charge in [0, 0.05) is 17.6 Å². The van der Waals surface area contributed by atoms with Gasteiger partial charge in [-0.3, -0.25) is 0 Å². The lowest BCUT2D eigenvalue weighted by Gasteiger charge is -2.24. The first kappa shape index (κ1) is 20.4. The van der Waals surface area contributed by atoms with E-state index in [0.717, 1.165) is 0 Å². The van der Waals surface area contributed by atoms with Crippen molar-refractivity contribution < 1.29 is 17.4 Å². The highest BCUT2D eigenvalue weighted by atomic mass is 32.2. The monoisotopic (exact) mass is 423 g/mol. The Morgan fingerprint density at radius 2 is 2.03 bits per heavy atom. The van der Waals surface area contributed by atoms with Crippen molar-refractivity contribution in [2.75, 3.05) is 6.54 Å². The maximum Gasteiger partial charge on any atom is 0.206 e. The predicted octanol–water partition coefficient (Wildman–Crippen LogP) is 4.22. The molecule has 1 heterocycles. The van der Waals surface area contributed by atoms with Crippen LogP contribution in [0.25, 0.3) is 11.1 Å². The topological polar surface area (TPSA) is 65.0 Å². The molecule has 2 aromatic rings. The van der Waals surface area contributed by atoms with Gasteiger partial charge >= 0.3 is 0 Å². The van der Waals surface area contributed by atoms with Crippen molar-refractivity contribution in [1.29, 1.82) is 4.78 Å². The molecule has 8 heteroatoms. The lowest BCUT2D eigenvalue weighted by atomic mass is 9.96. The van der Waals surface area contributed by atoms with Gasteiger partial charge in [-0.2, -0.15) is 0 Å². The number of hydrogen-bond acceptors (Lipinski definition) is 3. The Hall–Kier alpha value is -1.90. The number of alkyl halides is 1.